The lowest BCUT2D eigenvalue weighted by atomic mass is 9.98. The van der Waals surface area contributed by atoms with Crippen LogP contribution in [0.3, 0.4) is 0 Å². The molecule has 0 aliphatic rings. The molecule has 0 aromatic heterocycles. The van der Waals surface area contributed by atoms with Gasteiger partial charge < -0.3 is 9.90 Å². The molecule has 0 bridgehead atoms. The van der Waals surface area contributed by atoms with Crippen LogP contribution in [0.1, 0.15) is 20.7 Å². The Labute approximate surface area is 119 Å². The van der Waals surface area contributed by atoms with Gasteiger partial charge in [-0.2, -0.15) is 0 Å². The molecule has 96 valence electrons. The Kier molecular flexibility index (Phi) is 3.88. The predicted octanol–water partition coefficient (Wildman–Crippen LogP) is 2.84. The van der Waals surface area contributed by atoms with Crippen LogP contribution in [-0.2, 0) is 0 Å². The van der Waals surface area contributed by atoms with E-state index in [0.29, 0.717) is 17.4 Å². The van der Waals surface area contributed by atoms with Gasteiger partial charge in [-0.05, 0) is 17.7 Å². The van der Waals surface area contributed by atoms with Gasteiger partial charge in [0, 0.05) is 16.7 Å². The van der Waals surface area contributed by atoms with Crippen LogP contribution in [0.4, 0.5) is 0 Å². The van der Waals surface area contributed by atoms with Crippen LogP contribution in [-0.4, -0.2) is 12.3 Å². The van der Waals surface area contributed by atoms with Gasteiger partial charge in [-0.15, -0.1) is 0 Å². The Morgan fingerprint density at radius 2 is 1.89 bits per heavy atom. The van der Waals surface area contributed by atoms with Gasteiger partial charge in [0.1, 0.15) is 6.29 Å². The first-order chi connectivity index (χ1) is 9.04. The molecule has 0 heterocycles. The molecule has 0 radical (unpaired) electrons. The fourth-order valence-electron chi connectivity index (χ4n) is 1.77. The number of hydrogen-bond donors (Lipinski definition) is 0. The Balaban J connectivity index is 2.75. The van der Waals surface area contributed by atoms with Crippen molar-refractivity contribution in [3.05, 3.63) is 57.6 Å². The number of aldehydes is 1. The Bertz CT molecular complexity index is 666. The maximum Gasteiger partial charge on any atom is 0.150 e. The van der Waals surface area contributed by atoms with Gasteiger partial charge in [-0.1, -0.05) is 47.5 Å². The average molecular weight is 294 g/mol. The summed E-state index contributed by atoms with van der Waals surface area (Å²) in [6.07, 6.45) is 0.667. The molecule has 0 aliphatic heterocycles. The highest BCUT2D eigenvalue weighted by Crippen LogP contribution is 2.36. The lowest BCUT2D eigenvalue weighted by Gasteiger charge is -2.14. The number of carboxylic acids is 1. The van der Waals surface area contributed by atoms with Crippen molar-refractivity contribution in [2.24, 2.45) is 0 Å². The summed E-state index contributed by atoms with van der Waals surface area (Å²) in [4.78, 5) is 21.9. The van der Waals surface area contributed by atoms with Gasteiger partial charge in [-0.3, -0.25) is 4.79 Å². The molecule has 0 N–H and O–H groups in total. The number of carbonyl (C=O) groups excluding carboxylic acids is 2. The van der Waals surface area contributed by atoms with Crippen molar-refractivity contribution in [1.82, 2.24) is 0 Å². The first kappa shape index (κ1) is 13.6. The molecule has 0 amide bonds. The molecule has 2 aromatic carbocycles. The molecular formula is C14H7Cl2O3-. The Hall–Kier alpha value is -1.84. The van der Waals surface area contributed by atoms with Gasteiger partial charge in [0.15, 0.2) is 0 Å². The number of halogens is 2. The molecule has 0 spiro atoms. The second-order valence-electron chi connectivity index (χ2n) is 3.81. The minimum Gasteiger partial charge on any atom is -0.545 e. The molecule has 5 heteroatoms. The van der Waals surface area contributed by atoms with E-state index in [9.17, 15) is 14.7 Å². The highest BCUT2D eigenvalue weighted by Gasteiger charge is 2.14. The van der Waals surface area contributed by atoms with Gasteiger partial charge in [0.25, 0.3) is 0 Å². The first-order valence-electron chi connectivity index (χ1n) is 5.29. The second-order valence-corrected chi connectivity index (χ2v) is 4.60. The van der Waals surface area contributed by atoms with Crippen molar-refractivity contribution in [2.75, 3.05) is 0 Å². The standard InChI is InChI=1S/C14H8Cl2O3/c15-11-5-4-10(14(18)19)12(13(11)16)9-3-1-2-8(6-9)7-17/h1-7H,(H,18,19)/p-1. The summed E-state index contributed by atoms with van der Waals surface area (Å²) in [7, 11) is 0. The zero-order valence-electron chi connectivity index (χ0n) is 9.52. The third-order valence-electron chi connectivity index (χ3n) is 2.63. The van der Waals surface area contributed by atoms with Gasteiger partial charge in [0.05, 0.1) is 16.0 Å². The molecule has 2 rings (SSSR count). The average Bonchev–Trinajstić information content (AvgIpc) is 2.41. The van der Waals surface area contributed by atoms with Crippen molar-refractivity contribution >= 4 is 35.5 Å². The minimum absolute atomic E-state index is 0.0718. The summed E-state index contributed by atoms with van der Waals surface area (Å²) >= 11 is 12.0. The van der Waals surface area contributed by atoms with E-state index in [4.69, 9.17) is 23.2 Å². The lowest BCUT2D eigenvalue weighted by molar-refractivity contribution is -0.254. The van der Waals surface area contributed by atoms with E-state index in [0.717, 1.165) is 0 Å². The van der Waals surface area contributed by atoms with Crippen LogP contribution in [0.15, 0.2) is 36.4 Å². The van der Waals surface area contributed by atoms with Crippen LogP contribution in [0, 0.1) is 0 Å². The number of benzene rings is 2. The second kappa shape index (κ2) is 5.43. The topological polar surface area (TPSA) is 57.2 Å². The summed E-state index contributed by atoms with van der Waals surface area (Å²) in [6.45, 7) is 0. The maximum atomic E-state index is 11.1. The van der Waals surface area contributed by atoms with Gasteiger partial charge >= 0.3 is 0 Å². The molecule has 19 heavy (non-hydrogen) atoms. The van der Waals surface area contributed by atoms with Crippen LogP contribution < -0.4 is 5.11 Å². The number of rotatable bonds is 3. The predicted molar refractivity (Wildman–Crippen MR) is 71.6 cm³/mol. The Morgan fingerprint density at radius 3 is 2.53 bits per heavy atom. The van der Waals surface area contributed by atoms with Crippen molar-refractivity contribution in [3.63, 3.8) is 0 Å². The molecule has 0 atom stereocenters. The van der Waals surface area contributed by atoms with Crippen molar-refractivity contribution < 1.29 is 14.7 Å². The lowest BCUT2D eigenvalue weighted by Crippen LogP contribution is -2.23. The number of carboxylic acid groups (broad SMARTS) is 1. The molecular weight excluding hydrogens is 287 g/mol. The van der Waals surface area contributed by atoms with Crippen LogP contribution in [0.25, 0.3) is 11.1 Å². The van der Waals surface area contributed by atoms with Crippen LogP contribution >= 0.6 is 23.2 Å². The smallest absolute Gasteiger partial charge is 0.150 e. The van der Waals surface area contributed by atoms with E-state index in [1.54, 1.807) is 18.2 Å². The zero-order chi connectivity index (χ0) is 14.0. The third-order valence-corrected chi connectivity index (χ3v) is 3.43. The normalized spacial score (nSPS) is 10.2. The van der Waals surface area contributed by atoms with Gasteiger partial charge in [0.2, 0.25) is 0 Å². The molecule has 3 nitrogen and oxygen atoms in total. The highest BCUT2D eigenvalue weighted by atomic mass is 35.5. The molecule has 0 aliphatic carbocycles. The van der Waals surface area contributed by atoms with E-state index in [-0.39, 0.29) is 21.2 Å². The van der Waals surface area contributed by atoms with Crippen LogP contribution in [0.5, 0.6) is 0 Å². The number of aromatic carboxylic acids is 1. The molecule has 0 saturated carbocycles. The third kappa shape index (κ3) is 2.62. The highest BCUT2D eigenvalue weighted by molar-refractivity contribution is 6.44. The zero-order valence-corrected chi connectivity index (χ0v) is 11.0. The summed E-state index contributed by atoms with van der Waals surface area (Å²) < 4.78 is 0. The monoisotopic (exact) mass is 293 g/mol. The molecule has 2 aromatic rings. The summed E-state index contributed by atoms with van der Waals surface area (Å²) in [5, 5.41) is 11.5. The van der Waals surface area contributed by atoms with Crippen molar-refractivity contribution in [1.29, 1.82) is 0 Å². The van der Waals surface area contributed by atoms with Crippen molar-refractivity contribution in [3.8, 4) is 11.1 Å². The van der Waals surface area contributed by atoms with E-state index in [2.05, 4.69) is 0 Å². The minimum atomic E-state index is -1.36. The molecule has 0 saturated heterocycles. The van der Waals surface area contributed by atoms with Crippen molar-refractivity contribution in [2.45, 2.75) is 0 Å². The maximum absolute atomic E-state index is 11.1. The molecule has 0 unspecified atom stereocenters. The summed E-state index contributed by atoms with van der Waals surface area (Å²) in [5.41, 5.74) is 1.09. The van der Waals surface area contributed by atoms with Gasteiger partial charge in [-0.25, -0.2) is 0 Å². The Morgan fingerprint density at radius 1 is 1.16 bits per heavy atom. The quantitative estimate of drug-likeness (QED) is 0.818. The first-order valence-corrected chi connectivity index (χ1v) is 6.05. The number of hydrogen-bond acceptors (Lipinski definition) is 3. The van der Waals surface area contributed by atoms with E-state index in [1.165, 1.54) is 18.2 Å². The number of carbonyl (C=O) groups is 2. The van der Waals surface area contributed by atoms with E-state index in [1.807, 2.05) is 0 Å². The summed E-state index contributed by atoms with van der Waals surface area (Å²) in [5.74, 6) is -1.36. The largest absolute Gasteiger partial charge is 0.545 e. The fourth-order valence-corrected chi connectivity index (χ4v) is 2.20. The van der Waals surface area contributed by atoms with E-state index < -0.39 is 5.97 Å². The fraction of sp³-hybridized carbons (Fsp3) is 0. The van der Waals surface area contributed by atoms with E-state index >= 15 is 0 Å². The SMILES string of the molecule is O=Cc1cccc(-c2c(C(=O)[O-])ccc(Cl)c2Cl)c1. The van der Waals surface area contributed by atoms with Crippen LogP contribution in [0.2, 0.25) is 10.0 Å². The summed E-state index contributed by atoms with van der Waals surface area (Å²) in [6, 6.07) is 9.14. The molecule has 0 fully saturated rings.